The van der Waals surface area contributed by atoms with Crippen LogP contribution in [0.4, 0.5) is 17.6 Å². The van der Waals surface area contributed by atoms with Crippen LogP contribution in [0.3, 0.4) is 0 Å². The largest absolute Gasteiger partial charge is 0.416 e. The molecule has 1 aliphatic rings. The predicted molar refractivity (Wildman–Crippen MR) is 81.6 cm³/mol. The summed E-state index contributed by atoms with van der Waals surface area (Å²) in [5, 5.41) is 2.29. The van der Waals surface area contributed by atoms with Gasteiger partial charge in [-0.3, -0.25) is 9.59 Å². The lowest BCUT2D eigenvalue weighted by molar-refractivity contribution is -0.137. The first-order chi connectivity index (χ1) is 11.7. The maximum absolute atomic E-state index is 14.9. The van der Waals surface area contributed by atoms with Crippen molar-refractivity contribution in [3.8, 4) is 0 Å². The molecule has 0 fully saturated rings. The Morgan fingerprint density at radius 3 is 2.32 bits per heavy atom. The summed E-state index contributed by atoms with van der Waals surface area (Å²) in [6.45, 7) is -0.174. The summed E-state index contributed by atoms with van der Waals surface area (Å²) in [5.41, 5.74) is -2.50. The van der Waals surface area contributed by atoms with E-state index in [-0.39, 0.29) is 18.5 Å². The smallest absolute Gasteiger partial charge is 0.349 e. The summed E-state index contributed by atoms with van der Waals surface area (Å²) >= 11 is 0. The van der Waals surface area contributed by atoms with Crippen LogP contribution >= 0.6 is 0 Å². The van der Waals surface area contributed by atoms with E-state index >= 15 is 0 Å². The van der Waals surface area contributed by atoms with Crippen molar-refractivity contribution in [1.29, 1.82) is 0 Å². The van der Waals surface area contributed by atoms with Crippen LogP contribution in [-0.2, 0) is 23.9 Å². The number of alkyl halides is 4. The van der Waals surface area contributed by atoms with Gasteiger partial charge in [0.05, 0.1) is 5.56 Å². The molecule has 2 aromatic carbocycles. The first-order valence-corrected chi connectivity index (χ1v) is 7.48. The van der Waals surface area contributed by atoms with Crippen molar-refractivity contribution < 1.29 is 27.2 Å². The average Bonchev–Trinajstić information content (AvgIpc) is 2.85. The highest BCUT2D eigenvalue weighted by Gasteiger charge is 2.52. The number of Topliss-reactive ketones (excluding diaryl/α,β-unsaturated/α-hetero) is 1. The quantitative estimate of drug-likeness (QED) is 0.680. The van der Waals surface area contributed by atoms with Crippen LogP contribution in [0.5, 0.6) is 0 Å². The molecule has 0 aliphatic heterocycles. The van der Waals surface area contributed by atoms with Gasteiger partial charge in [-0.1, -0.05) is 36.4 Å². The number of amides is 1. The fraction of sp³-hybridized carbons (Fsp3) is 0.222. The molecule has 1 amide bonds. The van der Waals surface area contributed by atoms with Gasteiger partial charge in [0, 0.05) is 18.5 Å². The van der Waals surface area contributed by atoms with Crippen LogP contribution in [0, 0.1) is 0 Å². The van der Waals surface area contributed by atoms with Gasteiger partial charge in [-0.05, 0) is 23.3 Å². The van der Waals surface area contributed by atoms with Gasteiger partial charge in [0.2, 0.25) is 5.78 Å². The Hall–Kier alpha value is -2.70. The summed E-state index contributed by atoms with van der Waals surface area (Å²) in [7, 11) is 0. The van der Waals surface area contributed by atoms with Crippen molar-refractivity contribution in [2.75, 3.05) is 0 Å². The minimum Gasteiger partial charge on any atom is -0.349 e. The Kier molecular flexibility index (Phi) is 4.10. The number of halogens is 4. The third kappa shape index (κ3) is 3.14. The maximum Gasteiger partial charge on any atom is 0.416 e. The zero-order chi connectivity index (χ0) is 18.2. The molecular weight excluding hydrogens is 338 g/mol. The van der Waals surface area contributed by atoms with E-state index in [1.807, 2.05) is 0 Å². The molecule has 0 unspecified atom stereocenters. The van der Waals surface area contributed by atoms with E-state index in [4.69, 9.17) is 0 Å². The fourth-order valence-corrected chi connectivity index (χ4v) is 2.77. The lowest BCUT2D eigenvalue weighted by Crippen LogP contribution is -2.47. The number of carbonyl (C=O) groups excluding carboxylic acids is 2. The Bertz CT molecular complexity index is 830. The highest BCUT2D eigenvalue weighted by atomic mass is 19.4. The highest BCUT2D eigenvalue weighted by Crippen LogP contribution is 2.33. The van der Waals surface area contributed by atoms with Crippen LogP contribution < -0.4 is 5.32 Å². The number of hydrogen-bond acceptors (Lipinski definition) is 2. The van der Waals surface area contributed by atoms with Gasteiger partial charge in [0.15, 0.2) is 0 Å². The summed E-state index contributed by atoms with van der Waals surface area (Å²) in [5.74, 6) is -1.98. The zero-order valence-electron chi connectivity index (χ0n) is 12.9. The summed E-state index contributed by atoms with van der Waals surface area (Å²) in [4.78, 5) is 24.3. The molecule has 0 spiro atoms. The molecule has 0 aromatic heterocycles. The van der Waals surface area contributed by atoms with Crippen LogP contribution in [0.15, 0.2) is 48.5 Å². The third-order valence-electron chi connectivity index (χ3n) is 4.15. The van der Waals surface area contributed by atoms with Gasteiger partial charge in [-0.15, -0.1) is 0 Å². The van der Waals surface area contributed by atoms with Gasteiger partial charge >= 0.3 is 6.18 Å². The molecule has 2 aromatic rings. The van der Waals surface area contributed by atoms with E-state index in [1.54, 1.807) is 18.2 Å². The third-order valence-corrected chi connectivity index (χ3v) is 4.15. The van der Waals surface area contributed by atoms with Gasteiger partial charge in [-0.25, -0.2) is 4.39 Å². The number of rotatable bonds is 3. The second kappa shape index (κ2) is 5.98. The highest BCUT2D eigenvalue weighted by molar-refractivity contribution is 6.20. The second-order valence-corrected chi connectivity index (χ2v) is 5.84. The molecule has 7 heteroatoms. The zero-order valence-corrected chi connectivity index (χ0v) is 12.9. The van der Waals surface area contributed by atoms with Crippen molar-refractivity contribution in [2.24, 2.45) is 0 Å². The van der Waals surface area contributed by atoms with E-state index in [9.17, 15) is 27.2 Å². The molecule has 1 aliphatic carbocycles. The number of carbonyl (C=O) groups is 2. The van der Waals surface area contributed by atoms with Crippen molar-refractivity contribution in [3.63, 3.8) is 0 Å². The molecule has 0 heterocycles. The summed E-state index contributed by atoms with van der Waals surface area (Å²) < 4.78 is 52.4. The standard InChI is InChI=1S/C18H13F4NO2/c19-17(9-12-3-1-2-4-14(12)15(17)24)16(25)23-10-11-5-7-13(8-6-11)18(20,21)22/h1-8H,9-10H2,(H,23,25)/t17-/m0/s1. The summed E-state index contributed by atoms with van der Waals surface area (Å²) in [6, 6.07) is 10.4. The lowest BCUT2D eigenvalue weighted by Gasteiger charge is -2.17. The SMILES string of the molecule is O=C(NCc1ccc(C(F)(F)F)cc1)[C@]1(F)Cc2ccccc2C1=O. The van der Waals surface area contributed by atoms with E-state index in [2.05, 4.69) is 5.32 Å². The maximum atomic E-state index is 14.9. The molecule has 0 saturated carbocycles. The number of fused-ring (bicyclic) bond motifs is 1. The molecule has 1 N–H and O–H groups in total. The monoisotopic (exact) mass is 351 g/mol. The van der Waals surface area contributed by atoms with Crippen LogP contribution in [-0.4, -0.2) is 17.4 Å². The predicted octanol–water partition coefficient (Wildman–Crippen LogP) is 3.47. The van der Waals surface area contributed by atoms with Crippen LogP contribution in [0.2, 0.25) is 0 Å². The van der Waals surface area contributed by atoms with E-state index in [0.29, 0.717) is 11.1 Å². The van der Waals surface area contributed by atoms with Crippen molar-refractivity contribution >= 4 is 11.7 Å². The minimum absolute atomic E-state index is 0.174. The molecule has 1 atom stereocenters. The molecule has 25 heavy (non-hydrogen) atoms. The molecule has 0 radical (unpaired) electrons. The number of hydrogen-bond donors (Lipinski definition) is 1. The second-order valence-electron chi connectivity index (χ2n) is 5.84. The summed E-state index contributed by atoms with van der Waals surface area (Å²) in [6.07, 6.45) is -4.80. The average molecular weight is 351 g/mol. The Morgan fingerprint density at radius 1 is 1.08 bits per heavy atom. The normalized spacial score (nSPS) is 19.6. The van der Waals surface area contributed by atoms with E-state index in [0.717, 1.165) is 12.1 Å². The molecule has 0 bridgehead atoms. The Balaban J connectivity index is 1.68. The van der Waals surface area contributed by atoms with Gasteiger partial charge in [0.25, 0.3) is 11.6 Å². The molecule has 3 rings (SSSR count). The Morgan fingerprint density at radius 2 is 1.72 bits per heavy atom. The molecule has 130 valence electrons. The van der Waals surface area contributed by atoms with E-state index < -0.39 is 29.1 Å². The van der Waals surface area contributed by atoms with Gasteiger partial charge in [-0.2, -0.15) is 13.2 Å². The fourth-order valence-electron chi connectivity index (χ4n) is 2.77. The van der Waals surface area contributed by atoms with Crippen molar-refractivity contribution in [1.82, 2.24) is 5.32 Å². The first-order valence-electron chi connectivity index (χ1n) is 7.48. The van der Waals surface area contributed by atoms with Crippen molar-refractivity contribution in [3.05, 3.63) is 70.8 Å². The molecular formula is C18H13F4NO2. The van der Waals surface area contributed by atoms with Gasteiger partial charge in [0.1, 0.15) is 0 Å². The van der Waals surface area contributed by atoms with E-state index in [1.165, 1.54) is 18.2 Å². The minimum atomic E-state index is -4.45. The molecule has 3 nitrogen and oxygen atoms in total. The topological polar surface area (TPSA) is 46.2 Å². The van der Waals surface area contributed by atoms with Crippen LogP contribution in [0.1, 0.15) is 27.0 Å². The number of benzene rings is 2. The number of ketones is 1. The first kappa shape index (κ1) is 17.1. The Labute approximate surface area is 140 Å². The van der Waals surface area contributed by atoms with Crippen LogP contribution in [0.25, 0.3) is 0 Å². The van der Waals surface area contributed by atoms with Gasteiger partial charge < -0.3 is 5.32 Å². The van der Waals surface area contributed by atoms with Crippen molar-refractivity contribution in [2.45, 2.75) is 24.8 Å². The number of nitrogens with one attached hydrogen (secondary N) is 1. The lowest BCUT2D eigenvalue weighted by atomic mass is 10.00. The molecule has 0 saturated heterocycles.